The Morgan fingerprint density at radius 2 is 1.95 bits per heavy atom. The Morgan fingerprint density at radius 1 is 1.29 bits per heavy atom. The molecule has 1 aliphatic heterocycles. The van der Waals surface area contributed by atoms with E-state index in [1.165, 1.54) is 6.07 Å². The second-order valence-electron chi connectivity index (χ2n) is 4.72. The van der Waals surface area contributed by atoms with E-state index in [0.717, 1.165) is 0 Å². The normalized spacial score (nSPS) is 14.9. The molecular weight excluding hydrogens is 274 g/mol. The standard InChI is InChI=1S/C14H19N3O4/c1-2-21-14(20)17-8-6-16(7-9-17)11-5-3-4-10(12(11)15)13(18)19/h3-5H,2,6-9,15H2,1H3,(H,18,19). The van der Waals surface area contributed by atoms with Gasteiger partial charge in [-0.15, -0.1) is 0 Å². The summed E-state index contributed by atoms with van der Waals surface area (Å²) in [6.45, 7) is 4.35. The number of para-hydroxylation sites is 1. The molecule has 3 N–H and O–H groups in total. The van der Waals surface area contributed by atoms with Crippen LogP contribution >= 0.6 is 0 Å². The van der Waals surface area contributed by atoms with E-state index < -0.39 is 5.97 Å². The molecule has 1 amide bonds. The molecule has 0 atom stereocenters. The van der Waals surface area contributed by atoms with Gasteiger partial charge in [-0.05, 0) is 19.1 Å². The summed E-state index contributed by atoms with van der Waals surface area (Å²) in [5.74, 6) is -1.04. The zero-order valence-electron chi connectivity index (χ0n) is 11.9. The van der Waals surface area contributed by atoms with Gasteiger partial charge in [-0.3, -0.25) is 0 Å². The molecule has 7 heteroatoms. The van der Waals surface area contributed by atoms with Crippen LogP contribution in [0.3, 0.4) is 0 Å². The van der Waals surface area contributed by atoms with Crippen molar-refractivity contribution in [2.24, 2.45) is 0 Å². The van der Waals surface area contributed by atoms with E-state index in [-0.39, 0.29) is 17.3 Å². The first-order valence-corrected chi connectivity index (χ1v) is 6.83. The molecule has 7 nitrogen and oxygen atoms in total. The highest BCUT2D eigenvalue weighted by atomic mass is 16.6. The van der Waals surface area contributed by atoms with Crippen LogP contribution in [0.5, 0.6) is 0 Å². The molecule has 1 aliphatic rings. The molecule has 0 spiro atoms. The predicted molar refractivity (Wildman–Crippen MR) is 78.6 cm³/mol. The first kappa shape index (κ1) is 15.0. The van der Waals surface area contributed by atoms with E-state index >= 15 is 0 Å². The van der Waals surface area contributed by atoms with Crippen LogP contribution in [0, 0.1) is 0 Å². The first-order chi connectivity index (χ1) is 10.0. The summed E-state index contributed by atoms with van der Waals surface area (Å²) in [5.41, 5.74) is 6.98. The summed E-state index contributed by atoms with van der Waals surface area (Å²) in [6.07, 6.45) is -0.315. The van der Waals surface area contributed by atoms with Gasteiger partial charge in [0.15, 0.2) is 0 Å². The maximum atomic E-state index is 11.6. The van der Waals surface area contributed by atoms with Gasteiger partial charge in [-0.25, -0.2) is 9.59 Å². The molecule has 21 heavy (non-hydrogen) atoms. The van der Waals surface area contributed by atoms with Crippen LogP contribution in [0.15, 0.2) is 18.2 Å². The Bertz CT molecular complexity index is 539. The largest absolute Gasteiger partial charge is 0.478 e. The number of aromatic carboxylic acids is 1. The van der Waals surface area contributed by atoms with Crippen LogP contribution in [0.4, 0.5) is 16.2 Å². The van der Waals surface area contributed by atoms with Crippen molar-refractivity contribution in [1.29, 1.82) is 0 Å². The molecule has 0 unspecified atom stereocenters. The molecule has 0 aromatic heterocycles. The second kappa shape index (κ2) is 6.34. The average Bonchev–Trinajstić information content (AvgIpc) is 2.47. The molecule has 1 saturated heterocycles. The van der Waals surface area contributed by atoms with Gasteiger partial charge in [0.25, 0.3) is 0 Å². The third-order valence-electron chi connectivity index (χ3n) is 3.46. The number of carbonyl (C=O) groups excluding carboxylic acids is 1. The number of ether oxygens (including phenoxy) is 1. The minimum Gasteiger partial charge on any atom is -0.478 e. The van der Waals surface area contributed by atoms with Crippen molar-refractivity contribution in [3.63, 3.8) is 0 Å². The SMILES string of the molecule is CCOC(=O)N1CCN(c2cccc(C(=O)O)c2N)CC1. The Kier molecular flexibility index (Phi) is 4.52. The average molecular weight is 293 g/mol. The quantitative estimate of drug-likeness (QED) is 0.814. The van der Waals surface area contributed by atoms with E-state index in [1.807, 2.05) is 4.90 Å². The zero-order chi connectivity index (χ0) is 15.4. The minimum atomic E-state index is -1.04. The number of carboxylic acids is 1. The van der Waals surface area contributed by atoms with E-state index in [9.17, 15) is 9.59 Å². The predicted octanol–water partition coefficient (Wildman–Crippen LogP) is 1.25. The fourth-order valence-corrected chi connectivity index (χ4v) is 2.36. The lowest BCUT2D eigenvalue weighted by Gasteiger charge is -2.36. The topological polar surface area (TPSA) is 96.1 Å². The number of rotatable bonds is 3. The van der Waals surface area contributed by atoms with Crippen molar-refractivity contribution in [1.82, 2.24) is 4.90 Å². The van der Waals surface area contributed by atoms with Gasteiger partial charge >= 0.3 is 12.1 Å². The highest BCUT2D eigenvalue weighted by Gasteiger charge is 2.24. The summed E-state index contributed by atoms with van der Waals surface area (Å²) in [6, 6.07) is 4.95. The van der Waals surface area contributed by atoms with Crippen molar-refractivity contribution in [3.8, 4) is 0 Å². The number of benzene rings is 1. The maximum Gasteiger partial charge on any atom is 0.409 e. The molecule has 0 saturated carbocycles. The smallest absolute Gasteiger partial charge is 0.409 e. The first-order valence-electron chi connectivity index (χ1n) is 6.83. The summed E-state index contributed by atoms with van der Waals surface area (Å²) < 4.78 is 4.96. The van der Waals surface area contributed by atoms with E-state index in [0.29, 0.717) is 38.5 Å². The molecule has 1 aromatic carbocycles. The second-order valence-corrected chi connectivity index (χ2v) is 4.72. The summed E-state index contributed by atoms with van der Waals surface area (Å²) in [4.78, 5) is 26.4. The fraction of sp³-hybridized carbons (Fsp3) is 0.429. The highest BCUT2D eigenvalue weighted by molar-refractivity contribution is 5.97. The number of piperazine rings is 1. The van der Waals surface area contributed by atoms with Crippen LogP contribution in [-0.4, -0.2) is 54.9 Å². The molecule has 0 aliphatic carbocycles. The lowest BCUT2D eigenvalue weighted by Crippen LogP contribution is -2.49. The van der Waals surface area contributed by atoms with E-state index in [1.54, 1.807) is 24.0 Å². The van der Waals surface area contributed by atoms with Gasteiger partial charge in [0.1, 0.15) is 0 Å². The van der Waals surface area contributed by atoms with Crippen LogP contribution < -0.4 is 10.6 Å². The van der Waals surface area contributed by atoms with Crippen molar-refractivity contribution >= 4 is 23.4 Å². The number of amides is 1. The van der Waals surface area contributed by atoms with Gasteiger partial charge in [0, 0.05) is 26.2 Å². The van der Waals surface area contributed by atoms with Gasteiger partial charge in [0.2, 0.25) is 0 Å². The number of nitrogens with zero attached hydrogens (tertiary/aromatic N) is 2. The van der Waals surface area contributed by atoms with Crippen molar-refractivity contribution in [2.75, 3.05) is 43.4 Å². The van der Waals surface area contributed by atoms with Gasteiger partial charge in [-0.1, -0.05) is 6.07 Å². The molecular formula is C14H19N3O4. The summed E-state index contributed by atoms with van der Waals surface area (Å²) in [5, 5.41) is 9.09. The zero-order valence-corrected chi connectivity index (χ0v) is 11.9. The van der Waals surface area contributed by atoms with Crippen LogP contribution in [0.1, 0.15) is 17.3 Å². The van der Waals surface area contributed by atoms with Gasteiger partial charge in [-0.2, -0.15) is 0 Å². The lowest BCUT2D eigenvalue weighted by molar-refractivity contribution is 0.0698. The van der Waals surface area contributed by atoms with Crippen LogP contribution in [0.2, 0.25) is 0 Å². The van der Waals surface area contributed by atoms with Crippen molar-refractivity contribution in [3.05, 3.63) is 23.8 Å². The third-order valence-corrected chi connectivity index (χ3v) is 3.46. The Balaban J connectivity index is 2.07. The number of anilines is 2. The minimum absolute atomic E-state index is 0.0975. The fourth-order valence-electron chi connectivity index (χ4n) is 2.36. The number of carbonyl (C=O) groups is 2. The molecule has 1 aromatic rings. The number of nitrogen functional groups attached to an aromatic ring is 1. The number of nitrogens with two attached hydrogens (primary N) is 1. The number of hydrogen-bond donors (Lipinski definition) is 2. The number of hydrogen-bond acceptors (Lipinski definition) is 5. The Morgan fingerprint density at radius 3 is 2.52 bits per heavy atom. The van der Waals surface area contributed by atoms with Crippen molar-refractivity contribution in [2.45, 2.75) is 6.92 Å². The van der Waals surface area contributed by atoms with Crippen molar-refractivity contribution < 1.29 is 19.4 Å². The molecule has 1 heterocycles. The number of carboxylic acid groups (broad SMARTS) is 1. The monoisotopic (exact) mass is 293 g/mol. The van der Waals surface area contributed by atoms with E-state index in [2.05, 4.69) is 0 Å². The van der Waals surface area contributed by atoms with Gasteiger partial charge < -0.3 is 25.4 Å². The maximum absolute atomic E-state index is 11.6. The van der Waals surface area contributed by atoms with Gasteiger partial charge in [0.05, 0.1) is 23.5 Å². The highest BCUT2D eigenvalue weighted by Crippen LogP contribution is 2.27. The molecule has 0 radical (unpaired) electrons. The molecule has 2 rings (SSSR count). The third kappa shape index (κ3) is 3.18. The Labute approximate surface area is 122 Å². The summed E-state index contributed by atoms with van der Waals surface area (Å²) in [7, 11) is 0. The van der Waals surface area contributed by atoms with Crippen LogP contribution in [-0.2, 0) is 4.74 Å². The molecule has 114 valence electrons. The molecule has 1 fully saturated rings. The lowest BCUT2D eigenvalue weighted by atomic mass is 10.1. The summed E-state index contributed by atoms with van der Waals surface area (Å²) >= 11 is 0. The molecule has 0 bridgehead atoms. The Hall–Kier alpha value is -2.44. The van der Waals surface area contributed by atoms with Crippen LogP contribution in [0.25, 0.3) is 0 Å². The van der Waals surface area contributed by atoms with E-state index in [4.69, 9.17) is 15.6 Å².